The second kappa shape index (κ2) is 18.3. The number of amides is 4. The molecule has 0 spiro atoms. The molecule has 0 N–H and O–H groups in total. The van der Waals surface area contributed by atoms with Gasteiger partial charge in [0.25, 0.3) is 23.6 Å². The Balaban J connectivity index is 0.751. The number of hydrogen-bond donors (Lipinski definition) is 0. The fourth-order valence-electron chi connectivity index (χ4n) is 13.4. The van der Waals surface area contributed by atoms with Crippen molar-refractivity contribution in [2.45, 2.75) is 63.3 Å². The summed E-state index contributed by atoms with van der Waals surface area (Å²) in [6, 6.07) is 77.3. The van der Waals surface area contributed by atoms with Gasteiger partial charge in [0.05, 0.1) is 38.8 Å². The van der Waals surface area contributed by atoms with E-state index in [0.717, 1.165) is 44.5 Å². The Morgan fingerprint density at radius 2 is 0.634 bits per heavy atom. The van der Waals surface area contributed by atoms with Gasteiger partial charge in [0.2, 0.25) is 0 Å². The minimum Gasteiger partial charge on any atom is -0.457 e. The van der Waals surface area contributed by atoms with Gasteiger partial charge >= 0.3 is 0 Å². The standard InChI is InChI=1S/C74H56N2O6/c1-71(2,3)45-23-25-46(26-24-45)73(63-19-11-7-15-55(63)56-16-8-12-20-64(56)73)47-27-33-50(34-28-47)75-67(77)59-41-39-53(43-61(59)68(75)78)81-51-35-29-48(30-36-51)74(65-21-13-9-17-57(65)58-18-10-14-22-66(58)74)49-31-37-52(38-32-49)82-54-40-42-60-62(44-54)70(80)76(69(60)79)72(4,5)6/h7-44H,1-6H3. The molecular weight excluding hydrogens is 1010 g/mol. The third-order valence-electron chi connectivity index (χ3n) is 17.1. The average molecular weight is 1070 g/mol. The van der Waals surface area contributed by atoms with Crippen LogP contribution in [0.25, 0.3) is 22.3 Å². The zero-order valence-corrected chi connectivity index (χ0v) is 46.3. The maximum absolute atomic E-state index is 14.5. The third kappa shape index (κ3) is 7.44. The Kier molecular flexibility index (Phi) is 11.2. The fourth-order valence-corrected chi connectivity index (χ4v) is 13.4. The smallest absolute Gasteiger partial charge is 0.266 e. The summed E-state index contributed by atoms with van der Waals surface area (Å²) >= 11 is 0. The average Bonchev–Trinajstić information content (AvgIpc) is 2.44. The molecule has 10 aromatic rings. The van der Waals surface area contributed by atoms with E-state index in [1.807, 2.05) is 57.2 Å². The molecule has 0 radical (unpaired) electrons. The van der Waals surface area contributed by atoms with Crippen LogP contribution in [-0.4, -0.2) is 34.1 Å². The van der Waals surface area contributed by atoms with Crippen LogP contribution in [0.15, 0.2) is 231 Å². The van der Waals surface area contributed by atoms with Crippen LogP contribution in [0.4, 0.5) is 5.69 Å². The molecule has 10 aromatic carbocycles. The minimum absolute atomic E-state index is 0.0155. The number of hydrogen-bond acceptors (Lipinski definition) is 6. The van der Waals surface area contributed by atoms with Crippen molar-refractivity contribution in [3.63, 3.8) is 0 Å². The van der Waals surface area contributed by atoms with Gasteiger partial charge in [-0.1, -0.05) is 178 Å². The molecule has 4 aliphatic rings. The maximum atomic E-state index is 14.5. The summed E-state index contributed by atoms with van der Waals surface area (Å²) < 4.78 is 12.9. The summed E-state index contributed by atoms with van der Waals surface area (Å²) in [5, 5.41) is 0. The van der Waals surface area contributed by atoms with Gasteiger partial charge in [0.15, 0.2) is 0 Å². The Hall–Kier alpha value is -9.92. The van der Waals surface area contributed by atoms with E-state index < -0.39 is 22.3 Å². The molecule has 0 bridgehead atoms. The van der Waals surface area contributed by atoms with Gasteiger partial charge in [-0.25, -0.2) is 4.90 Å². The Morgan fingerprint density at radius 3 is 1.02 bits per heavy atom. The van der Waals surface area contributed by atoms with E-state index in [0.29, 0.717) is 45.4 Å². The van der Waals surface area contributed by atoms with Crippen molar-refractivity contribution in [1.82, 2.24) is 4.90 Å². The topological polar surface area (TPSA) is 93.2 Å². The summed E-state index contributed by atoms with van der Waals surface area (Å²) in [7, 11) is 0. The van der Waals surface area contributed by atoms with Crippen LogP contribution in [0.5, 0.6) is 23.0 Å². The predicted octanol–water partition coefficient (Wildman–Crippen LogP) is 16.5. The van der Waals surface area contributed by atoms with Crippen LogP contribution in [-0.2, 0) is 16.2 Å². The van der Waals surface area contributed by atoms with Crippen LogP contribution >= 0.6 is 0 Å². The molecule has 14 rings (SSSR count). The van der Waals surface area contributed by atoms with Crippen molar-refractivity contribution in [2.75, 3.05) is 4.90 Å². The molecule has 8 heteroatoms. The van der Waals surface area contributed by atoms with Crippen molar-refractivity contribution in [3.05, 3.63) is 303 Å². The van der Waals surface area contributed by atoms with Crippen LogP contribution in [0.2, 0.25) is 0 Å². The van der Waals surface area contributed by atoms with Gasteiger partial charge in [-0.3, -0.25) is 24.1 Å². The molecule has 0 saturated heterocycles. The molecule has 4 amide bonds. The lowest BCUT2D eigenvalue weighted by Crippen LogP contribution is -2.45. The highest BCUT2D eigenvalue weighted by Crippen LogP contribution is 2.58. The zero-order chi connectivity index (χ0) is 56.5. The largest absolute Gasteiger partial charge is 0.457 e. The number of anilines is 1. The van der Waals surface area contributed by atoms with Crippen LogP contribution in [0.1, 0.15) is 133 Å². The molecule has 0 atom stereocenters. The van der Waals surface area contributed by atoms with Crippen LogP contribution < -0.4 is 14.4 Å². The number of carbonyl (C=O) groups is 4. The lowest BCUT2D eigenvalue weighted by atomic mass is 9.67. The predicted molar refractivity (Wildman–Crippen MR) is 321 cm³/mol. The summed E-state index contributed by atoms with van der Waals surface area (Å²) in [6.07, 6.45) is 0. The van der Waals surface area contributed by atoms with Gasteiger partial charge in [0, 0.05) is 5.54 Å². The van der Waals surface area contributed by atoms with E-state index in [1.54, 1.807) is 36.4 Å². The molecule has 2 aliphatic carbocycles. The quantitative estimate of drug-likeness (QED) is 0.134. The van der Waals surface area contributed by atoms with Gasteiger partial charge in [0.1, 0.15) is 23.0 Å². The van der Waals surface area contributed by atoms with E-state index in [2.05, 4.69) is 178 Å². The summed E-state index contributed by atoms with van der Waals surface area (Å²) in [5.74, 6) is 0.570. The second-order valence-electron chi connectivity index (χ2n) is 23.8. The van der Waals surface area contributed by atoms with E-state index in [-0.39, 0.29) is 28.7 Å². The second-order valence-corrected chi connectivity index (χ2v) is 23.8. The summed E-state index contributed by atoms with van der Waals surface area (Å²) in [5.41, 5.74) is 14.4. The lowest BCUT2D eigenvalue weighted by Gasteiger charge is -2.34. The van der Waals surface area contributed by atoms with Gasteiger partial charge < -0.3 is 9.47 Å². The number of ether oxygens (including phenoxy) is 2. The first kappa shape index (κ1) is 50.3. The summed E-state index contributed by atoms with van der Waals surface area (Å²) in [4.78, 5) is 57.9. The normalized spacial score (nSPS) is 15.2. The maximum Gasteiger partial charge on any atom is 0.266 e. The first-order chi connectivity index (χ1) is 39.6. The molecule has 82 heavy (non-hydrogen) atoms. The number of rotatable bonds is 9. The number of imide groups is 2. The van der Waals surface area contributed by atoms with E-state index in [9.17, 15) is 19.2 Å². The highest BCUT2D eigenvalue weighted by Gasteiger charge is 2.48. The zero-order valence-electron chi connectivity index (χ0n) is 46.3. The van der Waals surface area contributed by atoms with Gasteiger partial charge in [-0.15, -0.1) is 0 Å². The highest BCUT2D eigenvalue weighted by atomic mass is 16.5. The lowest BCUT2D eigenvalue weighted by molar-refractivity contribution is 0.0507. The molecular formula is C74H56N2O6. The molecule has 8 nitrogen and oxygen atoms in total. The molecule has 0 fully saturated rings. The number of carbonyl (C=O) groups excluding carboxylic acids is 4. The fraction of sp³-hybridized carbons (Fsp3) is 0.135. The van der Waals surface area contributed by atoms with E-state index >= 15 is 0 Å². The van der Waals surface area contributed by atoms with Crippen molar-refractivity contribution in [2.24, 2.45) is 0 Å². The molecule has 0 unspecified atom stereocenters. The van der Waals surface area contributed by atoms with Crippen LogP contribution in [0, 0.1) is 0 Å². The molecule has 398 valence electrons. The Labute approximate surface area is 476 Å². The number of benzene rings is 10. The SMILES string of the molecule is CC(C)(C)c1ccc(C2(c3ccc(N4C(=O)c5ccc(Oc6ccc(C7(c8ccc(Oc9ccc%10c(c9)C(=O)N(C(C)(C)C)C%10=O)cc8)c8ccccc8-c8ccccc87)cc6)cc5C4=O)cc3)c3ccccc3-c3ccccc32)cc1. The first-order valence-electron chi connectivity index (χ1n) is 27.8. The van der Waals surface area contributed by atoms with Crippen molar-refractivity contribution < 1.29 is 28.7 Å². The van der Waals surface area contributed by atoms with Crippen LogP contribution in [0.3, 0.4) is 0 Å². The molecule has 2 heterocycles. The Bertz CT molecular complexity index is 4220. The monoisotopic (exact) mass is 1070 g/mol. The van der Waals surface area contributed by atoms with Gasteiger partial charge in [-0.05, 0) is 171 Å². The van der Waals surface area contributed by atoms with Crippen molar-refractivity contribution in [3.8, 4) is 45.3 Å². The van der Waals surface area contributed by atoms with Crippen molar-refractivity contribution in [1.29, 1.82) is 0 Å². The molecule has 2 aliphatic heterocycles. The minimum atomic E-state index is -0.729. The first-order valence-corrected chi connectivity index (χ1v) is 27.8. The third-order valence-corrected chi connectivity index (χ3v) is 17.1. The van der Waals surface area contributed by atoms with E-state index in [4.69, 9.17) is 9.47 Å². The van der Waals surface area contributed by atoms with E-state index in [1.165, 1.54) is 37.6 Å². The Morgan fingerprint density at radius 1 is 0.317 bits per heavy atom. The number of fused-ring (bicyclic) bond motifs is 8. The molecule has 0 saturated carbocycles. The molecule has 0 aromatic heterocycles. The van der Waals surface area contributed by atoms with Gasteiger partial charge in [-0.2, -0.15) is 0 Å². The highest BCUT2D eigenvalue weighted by molar-refractivity contribution is 6.34. The summed E-state index contributed by atoms with van der Waals surface area (Å²) in [6.45, 7) is 12.2. The number of nitrogens with zero attached hydrogens (tertiary/aromatic N) is 2. The van der Waals surface area contributed by atoms with Crippen molar-refractivity contribution >= 4 is 29.3 Å².